The number of fused-ring (bicyclic) bond motifs is 2. The molecule has 1 N–H and O–H groups in total. The Hall–Kier alpha value is -2.86. The average Bonchev–Trinajstić information content (AvgIpc) is 3.56. The van der Waals surface area contributed by atoms with Crippen molar-refractivity contribution in [2.45, 2.75) is 51.6 Å². The van der Waals surface area contributed by atoms with Crippen LogP contribution in [0.5, 0.6) is 11.5 Å². The van der Waals surface area contributed by atoms with Gasteiger partial charge < -0.3 is 14.5 Å². The van der Waals surface area contributed by atoms with Crippen LogP contribution in [0.1, 0.15) is 61.8 Å². The zero-order valence-corrected chi connectivity index (χ0v) is 18.8. The summed E-state index contributed by atoms with van der Waals surface area (Å²) in [5, 5.41) is 0. The summed E-state index contributed by atoms with van der Waals surface area (Å²) in [5.74, 6) is 3.42. The highest BCUT2D eigenvalue weighted by atomic mass is 16.6. The predicted molar refractivity (Wildman–Crippen MR) is 124 cm³/mol. The lowest BCUT2D eigenvalue weighted by Gasteiger charge is -2.37. The van der Waals surface area contributed by atoms with Crippen molar-refractivity contribution in [2.75, 3.05) is 19.8 Å². The van der Waals surface area contributed by atoms with E-state index in [2.05, 4.69) is 41.1 Å². The highest BCUT2D eigenvalue weighted by Crippen LogP contribution is 2.41. The van der Waals surface area contributed by atoms with Crippen molar-refractivity contribution < 1.29 is 14.3 Å². The fourth-order valence-electron chi connectivity index (χ4n) is 4.66. The number of benzene rings is 2. The van der Waals surface area contributed by atoms with Crippen molar-refractivity contribution in [1.82, 2.24) is 14.9 Å². The SMILES string of the molecule is CC(=O)c1ccc2c(c1)OCCO2.CC1CCN(C2CC2)[C@@H](c2nc3ccccc3[nH]2)C1. The number of ether oxygens (including phenoxy) is 2. The second kappa shape index (κ2) is 8.94. The molecule has 32 heavy (non-hydrogen) atoms. The van der Waals surface area contributed by atoms with Crippen molar-refractivity contribution >= 4 is 16.8 Å². The van der Waals surface area contributed by atoms with Gasteiger partial charge >= 0.3 is 0 Å². The van der Waals surface area contributed by atoms with Crippen LogP contribution < -0.4 is 9.47 Å². The minimum absolute atomic E-state index is 0.0389. The van der Waals surface area contributed by atoms with E-state index in [0.717, 1.165) is 23.2 Å². The van der Waals surface area contributed by atoms with Gasteiger partial charge in [0.15, 0.2) is 17.3 Å². The number of carbonyl (C=O) groups excluding carboxylic acids is 1. The van der Waals surface area contributed by atoms with E-state index in [9.17, 15) is 4.79 Å². The summed E-state index contributed by atoms with van der Waals surface area (Å²) >= 11 is 0. The van der Waals surface area contributed by atoms with Crippen molar-refractivity contribution in [2.24, 2.45) is 5.92 Å². The number of carbonyl (C=O) groups is 1. The summed E-state index contributed by atoms with van der Waals surface area (Å²) in [5.41, 5.74) is 2.93. The van der Waals surface area contributed by atoms with Crippen molar-refractivity contribution in [3.05, 3.63) is 53.9 Å². The number of hydrogen-bond donors (Lipinski definition) is 1. The highest BCUT2D eigenvalue weighted by molar-refractivity contribution is 5.94. The van der Waals surface area contributed by atoms with E-state index < -0.39 is 0 Å². The number of ketones is 1. The number of para-hydroxylation sites is 2. The third-order valence-corrected chi connectivity index (χ3v) is 6.59. The Morgan fingerprint density at radius 3 is 2.59 bits per heavy atom. The summed E-state index contributed by atoms with van der Waals surface area (Å²) < 4.78 is 10.7. The fraction of sp³-hybridized carbons (Fsp3) is 0.462. The van der Waals surface area contributed by atoms with Crippen LogP contribution in [0.2, 0.25) is 0 Å². The van der Waals surface area contributed by atoms with E-state index >= 15 is 0 Å². The molecule has 3 heterocycles. The number of aromatic amines is 1. The lowest BCUT2D eigenvalue weighted by atomic mass is 9.92. The molecular weight excluding hydrogens is 402 g/mol. The van der Waals surface area contributed by atoms with Crippen LogP contribution in [0.4, 0.5) is 0 Å². The standard InChI is InChI=1S/C16H21N3.C10H10O3/c1-11-8-9-19(12-6-7-12)15(10-11)16-17-13-4-2-3-5-14(13)18-16;1-7(11)8-2-3-9-10(6-8)13-5-4-12-9/h2-5,11-12,15H,6-10H2,1H3,(H,17,18);2-3,6H,4-5H2,1H3/t11?,15-;/m1./s1. The summed E-state index contributed by atoms with van der Waals surface area (Å²) in [4.78, 5) is 22.1. The summed E-state index contributed by atoms with van der Waals surface area (Å²) in [7, 11) is 0. The molecule has 1 saturated carbocycles. The van der Waals surface area contributed by atoms with Gasteiger partial charge in [-0.2, -0.15) is 0 Å². The molecule has 6 rings (SSSR count). The molecule has 0 radical (unpaired) electrons. The first kappa shape index (κ1) is 21.0. The Morgan fingerprint density at radius 2 is 1.84 bits per heavy atom. The Balaban J connectivity index is 0.000000146. The van der Waals surface area contributed by atoms with Crippen molar-refractivity contribution in [3.63, 3.8) is 0 Å². The number of rotatable bonds is 3. The molecular formula is C26H31N3O3. The molecule has 2 aromatic carbocycles. The van der Waals surface area contributed by atoms with Crippen molar-refractivity contribution in [1.29, 1.82) is 0 Å². The average molecular weight is 434 g/mol. The fourth-order valence-corrected chi connectivity index (χ4v) is 4.66. The second-order valence-corrected chi connectivity index (χ2v) is 9.17. The van der Waals surface area contributed by atoms with Crippen molar-refractivity contribution in [3.8, 4) is 11.5 Å². The third-order valence-electron chi connectivity index (χ3n) is 6.59. The Morgan fingerprint density at radius 1 is 1.06 bits per heavy atom. The van der Waals surface area contributed by atoms with Crippen LogP contribution in [-0.2, 0) is 0 Å². The first-order valence-electron chi connectivity index (χ1n) is 11.7. The molecule has 3 aromatic rings. The predicted octanol–water partition coefficient (Wildman–Crippen LogP) is 5.16. The van der Waals surface area contributed by atoms with Gasteiger partial charge in [0.25, 0.3) is 0 Å². The number of hydrogen-bond acceptors (Lipinski definition) is 5. The molecule has 0 amide bonds. The lowest BCUT2D eigenvalue weighted by Crippen LogP contribution is -2.38. The first-order chi connectivity index (χ1) is 15.6. The molecule has 1 aromatic heterocycles. The van der Waals surface area contributed by atoms with E-state index in [1.165, 1.54) is 50.5 Å². The maximum atomic E-state index is 11.0. The van der Waals surface area contributed by atoms with Crippen LogP contribution in [-0.4, -0.2) is 46.5 Å². The number of piperidine rings is 1. The van der Waals surface area contributed by atoms with E-state index in [1.807, 2.05) is 0 Å². The third kappa shape index (κ3) is 4.51. The molecule has 6 heteroatoms. The summed E-state index contributed by atoms with van der Waals surface area (Å²) in [6.07, 6.45) is 5.35. The van der Waals surface area contributed by atoms with E-state index in [-0.39, 0.29) is 5.78 Å². The quantitative estimate of drug-likeness (QED) is 0.578. The molecule has 1 unspecified atom stereocenters. The number of likely N-dealkylation sites (tertiary alicyclic amines) is 1. The van der Waals surface area contributed by atoms with Gasteiger partial charge in [-0.3, -0.25) is 9.69 Å². The Labute approximate surface area is 188 Å². The van der Waals surface area contributed by atoms with Gasteiger partial charge in [0.2, 0.25) is 0 Å². The van der Waals surface area contributed by atoms with Crippen LogP contribution in [0.25, 0.3) is 11.0 Å². The summed E-state index contributed by atoms with van der Waals surface area (Å²) in [6, 6.07) is 14.9. The van der Waals surface area contributed by atoms with Crippen LogP contribution in [0.15, 0.2) is 42.5 Å². The van der Waals surface area contributed by atoms with Gasteiger partial charge in [0.1, 0.15) is 19.0 Å². The maximum Gasteiger partial charge on any atom is 0.162 e. The van der Waals surface area contributed by atoms with Crippen LogP contribution in [0.3, 0.4) is 0 Å². The monoisotopic (exact) mass is 433 g/mol. The van der Waals surface area contributed by atoms with Gasteiger partial charge in [-0.05, 0) is 75.4 Å². The largest absolute Gasteiger partial charge is 0.486 e. The minimum Gasteiger partial charge on any atom is -0.486 e. The van der Waals surface area contributed by atoms with E-state index in [4.69, 9.17) is 14.5 Å². The number of aromatic nitrogens is 2. The molecule has 2 aliphatic heterocycles. The smallest absolute Gasteiger partial charge is 0.162 e. The van der Waals surface area contributed by atoms with E-state index in [1.54, 1.807) is 18.2 Å². The zero-order valence-electron chi connectivity index (χ0n) is 18.8. The van der Waals surface area contributed by atoms with Crippen LogP contribution in [0, 0.1) is 5.92 Å². The normalized spacial score (nSPS) is 22.8. The van der Waals surface area contributed by atoms with E-state index in [0.29, 0.717) is 30.6 Å². The number of H-pyrrole nitrogens is 1. The lowest BCUT2D eigenvalue weighted by molar-refractivity contribution is 0.101. The molecule has 3 aliphatic rings. The molecule has 0 bridgehead atoms. The second-order valence-electron chi connectivity index (χ2n) is 9.17. The molecule has 1 saturated heterocycles. The molecule has 6 nitrogen and oxygen atoms in total. The maximum absolute atomic E-state index is 11.0. The van der Waals surface area contributed by atoms with Gasteiger partial charge in [-0.1, -0.05) is 19.1 Å². The number of nitrogens with zero attached hydrogens (tertiary/aromatic N) is 2. The first-order valence-corrected chi connectivity index (χ1v) is 11.7. The Bertz CT molecular complexity index is 1070. The Kier molecular flexibility index (Phi) is 5.87. The molecule has 2 fully saturated rings. The molecule has 2 atom stereocenters. The van der Waals surface area contributed by atoms with Crippen LogP contribution >= 0.6 is 0 Å². The summed E-state index contributed by atoms with van der Waals surface area (Å²) in [6.45, 7) is 6.28. The minimum atomic E-state index is 0.0389. The number of imidazole rings is 1. The molecule has 1 aliphatic carbocycles. The number of nitrogens with one attached hydrogen (secondary N) is 1. The number of Topliss-reactive ketones (excluding diaryl/α,β-unsaturated/α-hetero) is 1. The molecule has 0 spiro atoms. The zero-order chi connectivity index (χ0) is 22.1. The van der Waals surface area contributed by atoms with Gasteiger partial charge in [0, 0.05) is 11.6 Å². The highest BCUT2D eigenvalue weighted by Gasteiger charge is 2.38. The topological polar surface area (TPSA) is 67.5 Å². The van der Waals surface area contributed by atoms with Gasteiger partial charge in [-0.15, -0.1) is 0 Å². The molecule has 168 valence electrons. The van der Waals surface area contributed by atoms with Gasteiger partial charge in [-0.25, -0.2) is 4.98 Å². The van der Waals surface area contributed by atoms with Gasteiger partial charge in [0.05, 0.1) is 17.1 Å².